The minimum absolute atomic E-state index is 0.258. The smallest absolute Gasteiger partial charge is 0.130 e. The first-order chi connectivity index (χ1) is 8.90. The molecule has 0 aliphatic heterocycles. The number of rotatable bonds is 4. The van der Waals surface area contributed by atoms with Crippen LogP contribution in [0.5, 0.6) is 0 Å². The second kappa shape index (κ2) is 5.20. The number of aromatic nitrogens is 1. The van der Waals surface area contributed by atoms with Gasteiger partial charge in [-0.25, -0.2) is 0 Å². The van der Waals surface area contributed by atoms with Crippen LogP contribution in [0, 0.1) is 13.8 Å². The zero-order chi connectivity index (χ0) is 14.2. The van der Waals surface area contributed by atoms with Crippen LogP contribution in [0.15, 0.2) is 12.1 Å². The molecule has 2 heteroatoms. The van der Waals surface area contributed by atoms with E-state index in [4.69, 9.17) is 0 Å². The maximum Gasteiger partial charge on any atom is 0.130 e. The van der Waals surface area contributed by atoms with Gasteiger partial charge >= 0.3 is 0 Å². The Morgan fingerprint density at radius 1 is 1.26 bits per heavy atom. The van der Waals surface area contributed by atoms with Gasteiger partial charge in [0, 0.05) is 23.0 Å². The summed E-state index contributed by atoms with van der Waals surface area (Å²) in [6.45, 7) is 10.3. The van der Waals surface area contributed by atoms with E-state index >= 15 is 0 Å². The second-order valence-corrected chi connectivity index (χ2v) is 5.88. The van der Waals surface area contributed by atoms with Crippen LogP contribution >= 0.6 is 0 Å². The Bertz CT molecular complexity index is 620. The van der Waals surface area contributed by atoms with E-state index in [1.165, 1.54) is 33.3 Å². The number of benzene rings is 1. The van der Waals surface area contributed by atoms with Crippen molar-refractivity contribution < 1.29 is 4.79 Å². The van der Waals surface area contributed by atoms with Gasteiger partial charge in [-0.15, -0.1) is 0 Å². The fourth-order valence-corrected chi connectivity index (χ4v) is 2.79. The van der Waals surface area contributed by atoms with Crippen molar-refractivity contribution >= 4 is 16.7 Å². The Labute approximate surface area is 115 Å². The van der Waals surface area contributed by atoms with Crippen LogP contribution in [-0.2, 0) is 11.2 Å². The van der Waals surface area contributed by atoms with Gasteiger partial charge in [-0.1, -0.05) is 25.5 Å². The van der Waals surface area contributed by atoms with Crippen LogP contribution in [0.1, 0.15) is 55.5 Å². The lowest BCUT2D eigenvalue weighted by Gasteiger charge is -2.07. The van der Waals surface area contributed by atoms with Gasteiger partial charge in [0.05, 0.1) is 0 Å². The molecule has 2 nitrogen and oxygen atoms in total. The van der Waals surface area contributed by atoms with E-state index < -0.39 is 0 Å². The summed E-state index contributed by atoms with van der Waals surface area (Å²) in [6, 6.07) is 4.44. The van der Waals surface area contributed by atoms with Crippen LogP contribution < -0.4 is 0 Å². The number of Topliss-reactive ketones (excluding diaryl/α,β-unsaturated/α-hetero) is 1. The van der Waals surface area contributed by atoms with E-state index in [0.29, 0.717) is 12.3 Å². The normalized spacial score (nSPS) is 11.5. The molecule has 19 heavy (non-hydrogen) atoms. The number of fused-ring (bicyclic) bond motifs is 1. The number of ketones is 1. The van der Waals surface area contributed by atoms with Crippen molar-refractivity contribution in [3.05, 3.63) is 34.5 Å². The third-order valence-electron chi connectivity index (χ3n) is 3.69. The Balaban J connectivity index is 2.62. The zero-order valence-electron chi connectivity index (χ0n) is 12.6. The average Bonchev–Trinajstić information content (AvgIpc) is 2.65. The summed E-state index contributed by atoms with van der Waals surface area (Å²) in [7, 11) is 0. The highest BCUT2D eigenvalue weighted by Gasteiger charge is 2.15. The molecule has 2 aromatic rings. The molecule has 0 fully saturated rings. The maximum absolute atomic E-state index is 11.3. The van der Waals surface area contributed by atoms with E-state index in [1.54, 1.807) is 6.92 Å². The molecule has 1 aromatic carbocycles. The van der Waals surface area contributed by atoms with Crippen molar-refractivity contribution in [3.8, 4) is 0 Å². The van der Waals surface area contributed by atoms with Crippen molar-refractivity contribution in [2.24, 2.45) is 0 Å². The lowest BCUT2D eigenvalue weighted by Crippen LogP contribution is -1.98. The molecule has 2 rings (SSSR count). The molecular weight excluding hydrogens is 234 g/mol. The van der Waals surface area contributed by atoms with Gasteiger partial charge in [0.15, 0.2) is 0 Å². The van der Waals surface area contributed by atoms with Crippen LogP contribution in [0.2, 0.25) is 0 Å². The third-order valence-corrected chi connectivity index (χ3v) is 3.69. The molecule has 102 valence electrons. The molecule has 1 N–H and O–H groups in total. The zero-order valence-corrected chi connectivity index (χ0v) is 12.6. The van der Waals surface area contributed by atoms with Crippen molar-refractivity contribution in [3.63, 3.8) is 0 Å². The van der Waals surface area contributed by atoms with Gasteiger partial charge in [0.2, 0.25) is 0 Å². The molecular formula is C17H23NO. The van der Waals surface area contributed by atoms with Gasteiger partial charge in [0.25, 0.3) is 0 Å². The van der Waals surface area contributed by atoms with Crippen LogP contribution in [-0.4, -0.2) is 10.8 Å². The molecule has 0 amide bonds. The maximum atomic E-state index is 11.3. The summed E-state index contributed by atoms with van der Waals surface area (Å²) in [5, 5.41) is 1.29. The van der Waals surface area contributed by atoms with Gasteiger partial charge in [-0.05, 0) is 50.3 Å². The molecule has 0 atom stereocenters. The molecule has 0 saturated carbocycles. The van der Waals surface area contributed by atoms with E-state index in [-0.39, 0.29) is 5.78 Å². The van der Waals surface area contributed by atoms with E-state index in [1.807, 2.05) is 0 Å². The van der Waals surface area contributed by atoms with Gasteiger partial charge < -0.3 is 9.78 Å². The first-order valence-corrected chi connectivity index (χ1v) is 7.01. The summed E-state index contributed by atoms with van der Waals surface area (Å²) in [4.78, 5) is 14.9. The standard InChI is InChI=1S/C17H23NO/c1-10(2)16-14(7-6-13(5)19)15-9-11(3)8-12(4)17(15)18-16/h8-10,18H,6-7H2,1-5H3. The number of aromatic amines is 1. The topological polar surface area (TPSA) is 32.9 Å². The Morgan fingerprint density at radius 2 is 1.95 bits per heavy atom. The summed E-state index contributed by atoms with van der Waals surface area (Å²) in [6.07, 6.45) is 1.46. The molecule has 0 radical (unpaired) electrons. The minimum Gasteiger partial charge on any atom is -0.358 e. The summed E-state index contributed by atoms with van der Waals surface area (Å²) in [5.41, 5.74) is 6.40. The lowest BCUT2D eigenvalue weighted by atomic mass is 9.97. The molecule has 0 unspecified atom stereocenters. The number of nitrogens with one attached hydrogen (secondary N) is 1. The highest BCUT2D eigenvalue weighted by Crippen LogP contribution is 2.31. The number of carbonyl (C=O) groups excluding carboxylic acids is 1. The van der Waals surface area contributed by atoms with Crippen LogP contribution in [0.4, 0.5) is 0 Å². The number of hydrogen-bond acceptors (Lipinski definition) is 1. The molecule has 0 spiro atoms. The van der Waals surface area contributed by atoms with Crippen LogP contribution in [0.3, 0.4) is 0 Å². The van der Waals surface area contributed by atoms with Crippen molar-refractivity contribution in [2.75, 3.05) is 0 Å². The first kappa shape index (κ1) is 13.9. The minimum atomic E-state index is 0.258. The average molecular weight is 257 g/mol. The highest BCUT2D eigenvalue weighted by molar-refractivity contribution is 5.89. The largest absolute Gasteiger partial charge is 0.358 e. The van der Waals surface area contributed by atoms with Gasteiger partial charge in [-0.2, -0.15) is 0 Å². The quantitative estimate of drug-likeness (QED) is 0.863. The number of hydrogen-bond donors (Lipinski definition) is 1. The fourth-order valence-electron chi connectivity index (χ4n) is 2.79. The van der Waals surface area contributed by atoms with Gasteiger partial charge in [-0.3, -0.25) is 0 Å². The van der Waals surface area contributed by atoms with Crippen LogP contribution in [0.25, 0.3) is 10.9 Å². The molecule has 1 aromatic heterocycles. The Morgan fingerprint density at radius 3 is 2.53 bits per heavy atom. The number of carbonyl (C=O) groups is 1. The molecule has 0 saturated heterocycles. The summed E-state index contributed by atoms with van der Waals surface area (Å²) < 4.78 is 0. The summed E-state index contributed by atoms with van der Waals surface area (Å²) in [5.74, 6) is 0.711. The number of H-pyrrole nitrogens is 1. The SMILES string of the molecule is CC(=O)CCc1c(C(C)C)[nH]c2c(C)cc(C)cc12. The Kier molecular flexibility index (Phi) is 3.79. The third kappa shape index (κ3) is 2.73. The molecule has 0 aliphatic carbocycles. The summed E-state index contributed by atoms with van der Waals surface area (Å²) >= 11 is 0. The van der Waals surface area contributed by atoms with Crippen molar-refractivity contribution in [1.29, 1.82) is 0 Å². The highest BCUT2D eigenvalue weighted by atomic mass is 16.1. The first-order valence-electron chi connectivity index (χ1n) is 7.01. The molecule has 0 bridgehead atoms. The lowest BCUT2D eigenvalue weighted by molar-refractivity contribution is -0.116. The van der Waals surface area contributed by atoms with E-state index in [2.05, 4.69) is 44.8 Å². The molecule has 1 heterocycles. The number of aryl methyl sites for hydroxylation is 3. The predicted octanol–water partition coefficient (Wildman–Crippen LogP) is 4.43. The Hall–Kier alpha value is -1.57. The van der Waals surface area contributed by atoms with E-state index in [9.17, 15) is 4.79 Å². The second-order valence-electron chi connectivity index (χ2n) is 5.88. The predicted molar refractivity (Wildman–Crippen MR) is 80.9 cm³/mol. The fraction of sp³-hybridized carbons (Fsp3) is 0.471. The van der Waals surface area contributed by atoms with Gasteiger partial charge in [0.1, 0.15) is 5.78 Å². The van der Waals surface area contributed by atoms with Crippen molar-refractivity contribution in [1.82, 2.24) is 4.98 Å². The van der Waals surface area contributed by atoms with E-state index in [0.717, 1.165) is 6.42 Å². The monoisotopic (exact) mass is 257 g/mol. The van der Waals surface area contributed by atoms with Crippen molar-refractivity contribution in [2.45, 2.75) is 53.4 Å². The molecule has 0 aliphatic rings.